The van der Waals surface area contributed by atoms with E-state index < -0.39 is 0 Å². The first-order chi connectivity index (χ1) is 17.6. The molecule has 5 rings (SSSR count). The molecule has 1 atom stereocenters. The van der Waals surface area contributed by atoms with Crippen molar-refractivity contribution >= 4 is 22.8 Å². The van der Waals surface area contributed by atoms with E-state index in [1.165, 1.54) is 6.33 Å². The fourth-order valence-corrected chi connectivity index (χ4v) is 4.71. The minimum absolute atomic E-state index is 0.0261. The van der Waals surface area contributed by atoms with Gasteiger partial charge < -0.3 is 20.7 Å². The fraction of sp³-hybridized carbons (Fsp3) is 0.333. The molecule has 0 spiro atoms. The molecule has 9 nitrogen and oxygen atoms in total. The van der Waals surface area contributed by atoms with Gasteiger partial charge in [0.2, 0.25) is 5.91 Å². The average molecular weight is 486 g/mol. The van der Waals surface area contributed by atoms with Crippen LogP contribution in [-0.2, 0) is 4.79 Å². The summed E-state index contributed by atoms with van der Waals surface area (Å²) in [5, 5.41) is 8.80. The number of hydrogen-bond donors (Lipinski definition) is 2. The standard InChI is InChI=1S/C27H31N7O2/c1-29-15-5-10-23(35)33-16-6-7-20(17-33)34-27-24(26(28)30-18-31-27)25(32-34)19-11-13-22(14-12-19)36-21-8-3-2-4-9-21/h2-4,8-9,11-14,18,20,29H,5-7,10,15-17H2,1H3,(H2,28,30,31). The van der Waals surface area contributed by atoms with Gasteiger partial charge in [0.1, 0.15) is 29.3 Å². The van der Waals surface area contributed by atoms with E-state index >= 15 is 0 Å². The van der Waals surface area contributed by atoms with Gasteiger partial charge in [-0.3, -0.25) is 4.79 Å². The molecular weight excluding hydrogens is 454 g/mol. The molecule has 0 aliphatic carbocycles. The molecule has 1 fully saturated rings. The summed E-state index contributed by atoms with van der Waals surface area (Å²) in [6, 6.07) is 17.5. The Hall–Kier alpha value is -3.98. The van der Waals surface area contributed by atoms with Gasteiger partial charge in [-0.25, -0.2) is 14.6 Å². The molecule has 2 aromatic carbocycles. The number of amides is 1. The van der Waals surface area contributed by atoms with Crippen LogP contribution in [-0.4, -0.2) is 57.2 Å². The van der Waals surface area contributed by atoms with Gasteiger partial charge >= 0.3 is 0 Å². The van der Waals surface area contributed by atoms with Crippen LogP contribution >= 0.6 is 0 Å². The number of ether oxygens (including phenoxy) is 1. The summed E-state index contributed by atoms with van der Waals surface area (Å²) >= 11 is 0. The highest BCUT2D eigenvalue weighted by Crippen LogP contribution is 2.35. The van der Waals surface area contributed by atoms with Gasteiger partial charge in [0.25, 0.3) is 0 Å². The second-order valence-corrected chi connectivity index (χ2v) is 9.03. The van der Waals surface area contributed by atoms with Gasteiger partial charge in [0.05, 0.1) is 11.4 Å². The smallest absolute Gasteiger partial charge is 0.222 e. The van der Waals surface area contributed by atoms with Crippen molar-refractivity contribution in [2.24, 2.45) is 0 Å². The third kappa shape index (κ3) is 5.01. The highest BCUT2D eigenvalue weighted by atomic mass is 16.5. The second kappa shape index (κ2) is 10.7. The average Bonchev–Trinajstić information content (AvgIpc) is 3.31. The summed E-state index contributed by atoms with van der Waals surface area (Å²) in [5.41, 5.74) is 8.63. The zero-order valence-corrected chi connectivity index (χ0v) is 20.4. The topological polar surface area (TPSA) is 111 Å². The van der Waals surface area contributed by atoms with Crippen molar-refractivity contribution in [2.75, 3.05) is 32.4 Å². The molecule has 186 valence electrons. The SMILES string of the molecule is CNCCCC(=O)N1CCCC(n2nc(-c3ccc(Oc4ccccc4)cc3)c3c(N)ncnc32)C1. The number of nitrogens with two attached hydrogens (primary N) is 1. The first-order valence-electron chi connectivity index (χ1n) is 12.4. The van der Waals surface area contributed by atoms with Crippen LogP contribution in [0.2, 0.25) is 0 Å². The number of nitrogens with one attached hydrogen (secondary N) is 1. The third-order valence-corrected chi connectivity index (χ3v) is 6.54. The Labute approximate surface area is 210 Å². The molecule has 0 radical (unpaired) electrons. The molecule has 36 heavy (non-hydrogen) atoms. The zero-order chi connectivity index (χ0) is 24.9. The minimum Gasteiger partial charge on any atom is -0.457 e. The Balaban J connectivity index is 1.42. The number of anilines is 1. The predicted octanol–water partition coefficient (Wildman–Crippen LogP) is 4.03. The van der Waals surface area contributed by atoms with E-state index in [9.17, 15) is 4.79 Å². The van der Waals surface area contributed by atoms with E-state index in [0.29, 0.717) is 24.4 Å². The van der Waals surface area contributed by atoms with Gasteiger partial charge in [-0.15, -0.1) is 0 Å². The van der Waals surface area contributed by atoms with Crippen molar-refractivity contribution in [1.29, 1.82) is 0 Å². The number of carbonyl (C=O) groups is 1. The Morgan fingerprint density at radius 3 is 2.67 bits per heavy atom. The molecule has 3 N–H and O–H groups in total. The van der Waals surface area contributed by atoms with Gasteiger partial charge in [-0.2, -0.15) is 5.10 Å². The number of hydrogen-bond acceptors (Lipinski definition) is 7. The molecule has 0 bridgehead atoms. The van der Waals surface area contributed by atoms with Crippen LogP contribution in [0.15, 0.2) is 60.9 Å². The van der Waals surface area contributed by atoms with Gasteiger partial charge in [-0.05, 0) is 69.3 Å². The maximum atomic E-state index is 12.8. The van der Waals surface area contributed by atoms with Gasteiger partial charge in [0.15, 0.2) is 5.65 Å². The minimum atomic E-state index is 0.0261. The maximum absolute atomic E-state index is 12.8. The number of likely N-dealkylation sites (tertiary alicyclic amines) is 1. The number of nitrogens with zero attached hydrogens (tertiary/aromatic N) is 5. The van der Waals surface area contributed by atoms with Crippen LogP contribution in [0, 0.1) is 0 Å². The monoisotopic (exact) mass is 485 g/mol. The number of benzene rings is 2. The van der Waals surface area contributed by atoms with Gasteiger partial charge in [0, 0.05) is 25.1 Å². The molecule has 0 saturated carbocycles. The van der Waals surface area contributed by atoms with Crippen LogP contribution in [0.3, 0.4) is 0 Å². The summed E-state index contributed by atoms with van der Waals surface area (Å²) in [7, 11) is 1.90. The van der Waals surface area contributed by atoms with E-state index in [-0.39, 0.29) is 11.9 Å². The quantitative estimate of drug-likeness (QED) is 0.363. The van der Waals surface area contributed by atoms with Gasteiger partial charge in [-0.1, -0.05) is 18.2 Å². The van der Waals surface area contributed by atoms with Crippen molar-refractivity contribution < 1.29 is 9.53 Å². The maximum Gasteiger partial charge on any atom is 0.222 e. The van der Waals surface area contributed by atoms with E-state index in [4.69, 9.17) is 15.6 Å². The second-order valence-electron chi connectivity index (χ2n) is 9.03. The fourth-order valence-electron chi connectivity index (χ4n) is 4.71. The van der Waals surface area contributed by atoms with Crippen molar-refractivity contribution in [3.8, 4) is 22.8 Å². The molecule has 4 aromatic rings. The Bertz CT molecular complexity index is 1320. The molecule has 1 amide bonds. The molecule has 1 aliphatic heterocycles. The normalized spacial score (nSPS) is 15.8. The molecule has 9 heteroatoms. The number of fused-ring (bicyclic) bond motifs is 1. The van der Waals surface area contributed by atoms with E-state index in [1.807, 2.05) is 71.2 Å². The predicted molar refractivity (Wildman–Crippen MR) is 140 cm³/mol. The number of rotatable bonds is 8. The molecule has 1 saturated heterocycles. The van der Waals surface area contributed by atoms with Crippen molar-refractivity contribution in [3.05, 3.63) is 60.9 Å². The molecule has 3 heterocycles. The number of aromatic nitrogens is 4. The zero-order valence-electron chi connectivity index (χ0n) is 20.4. The number of para-hydroxylation sites is 1. The lowest BCUT2D eigenvalue weighted by Gasteiger charge is -2.33. The van der Waals surface area contributed by atoms with Crippen molar-refractivity contribution in [3.63, 3.8) is 0 Å². The lowest BCUT2D eigenvalue weighted by Crippen LogP contribution is -2.41. The Morgan fingerprint density at radius 1 is 1.11 bits per heavy atom. The third-order valence-electron chi connectivity index (χ3n) is 6.54. The van der Waals surface area contributed by atoms with Crippen LogP contribution < -0.4 is 15.8 Å². The summed E-state index contributed by atoms with van der Waals surface area (Å²) in [6.45, 7) is 2.23. The first-order valence-corrected chi connectivity index (χ1v) is 12.4. The van der Waals surface area contributed by atoms with E-state index in [1.54, 1.807) is 0 Å². The van der Waals surface area contributed by atoms with Crippen molar-refractivity contribution in [1.82, 2.24) is 30.0 Å². The van der Waals surface area contributed by atoms with Crippen LogP contribution in [0.1, 0.15) is 31.7 Å². The highest BCUT2D eigenvalue weighted by Gasteiger charge is 2.28. The summed E-state index contributed by atoms with van der Waals surface area (Å²) in [6.07, 6.45) is 4.69. The lowest BCUT2D eigenvalue weighted by molar-refractivity contribution is -0.132. The number of piperidine rings is 1. The molecule has 1 unspecified atom stereocenters. The summed E-state index contributed by atoms with van der Waals surface area (Å²) < 4.78 is 7.87. The van der Waals surface area contributed by atoms with E-state index in [0.717, 1.165) is 60.5 Å². The van der Waals surface area contributed by atoms with Crippen molar-refractivity contribution in [2.45, 2.75) is 31.7 Å². The summed E-state index contributed by atoms with van der Waals surface area (Å²) in [5.74, 6) is 2.09. The lowest BCUT2D eigenvalue weighted by atomic mass is 10.1. The Kier molecular flexibility index (Phi) is 7.08. The largest absolute Gasteiger partial charge is 0.457 e. The molecular formula is C27H31N7O2. The highest BCUT2D eigenvalue weighted by molar-refractivity contribution is 5.98. The summed E-state index contributed by atoms with van der Waals surface area (Å²) in [4.78, 5) is 23.5. The molecule has 1 aliphatic rings. The first kappa shape index (κ1) is 23.7. The number of nitrogen functional groups attached to an aromatic ring is 1. The van der Waals surface area contributed by atoms with Crippen LogP contribution in [0.4, 0.5) is 5.82 Å². The van der Waals surface area contributed by atoms with Crippen LogP contribution in [0.25, 0.3) is 22.3 Å². The number of carbonyl (C=O) groups excluding carboxylic acids is 1. The van der Waals surface area contributed by atoms with Crippen LogP contribution in [0.5, 0.6) is 11.5 Å². The Morgan fingerprint density at radius 2 is 1.89 bits per heavy atom. The van der Waals surface area contributed by atoms with E-state index in [2.05, 4.69) is 15.3 Å². The molecule has 2 aromatic heterocycles.